The Balaban J connectivity index is 1.79. The van der Waals surface area contributed by atoms with Gasteiger partial charge in [-0.05, 0) is 5.56 Å². The van der Waals surface area contributed by atoms with Crippen molar-refractivity contribution < 1.29 is 9.90 Å². The third-order valence-corrected chi connectivity index (χ3v) is 2.83. The number of carbonyl (C=O) groups excluding carboxylic acids is 1. The minimum absolute atomic E-state index is 0.134. The number of urea groups is 1. The smallest absolute Gasteiger partial charge is 0.321 e. The van der Waals surface area contributed by atoms with Crippen LogP contribution >= 0.6 is 11.3 Å². The molecule has 1 aromatic heterocycles. The van der Waals surface area contributed by atoms with E-state index in [4.69, 9.17) is 0 Å². The van der Waals surface area contributed by atoms with Crippen LogP contribution in [-0.4, -0.2) is 27.9 Å². The van der Waals surface area contributed by atoms with E-state index in [2.05, 4.69) is 20.8 Å². The fourth-order valence-electron chi connectivity index (χ4n) is 1.35. The zero-order valence-corrected chi connectivity index (χ0v) is 10.2. The molecule has 0 radical (unpaired) electrons. The lowest BCUT2D eigenvalue weighted by molar-refractivity contribution is 0.175. The van der Waals surface area contributed by atoms with Crippen molar-refractivity contribution in [2.24, 2.45) is 0 Å². The Hall–Kier alpha value is -1.99. The van der Waals surface area contributed by atoms with E-state index in [9.17, 15) is 9.90 Å². The standard InChI is InChI=1S/C11H12N4O2S/c16-9(8-4-2-1-3-5-8)6-12-10(17)14-11-15-13-7-18-11/h1-5,7,9,16H,6H2,(H2,12,14,15,17)/t9-/m1/s1. The zero-order chi connectivity index (χ0) is 12.8. The van der Waals surface area contributed by atoms with E-state index in [-0.39, 0.29) is 6.54 Å². The van der Waals surface area contributed by atoms with Gasteiger partial charge in [-0.25, -0.2) is 4.79 Å². The first-order valence-corrected chi connectivity index (χ1v) is 6.17. The van der Waals surface area contributed by atoms with Gasteiger partial charge in [-0.2, -0.15) is 0 Å². The monoisotopic (exact) mass is 264 g/mol. The number of rotatable bonds is 4. The molecule has 0 aliphatic heterocycles. The van der Waals surface area contributed by atoms with E-state index in [1.165, 1.54) is 16.8 Å². The van der Waals surface area contributed by atoms with Crippen molar-refractivity contribution in [1.29, 1.82) is 0 Å². The minimum atomic E-state index is -0.730. The highest BCUT2D eigenvalue weighted by atomic mass is 32.1. The number of nitrogens with one attached hydrogen (secondary N) is 2. The molecule has 0 unspecified atom stereocenters. The number of benzene rings is 1. The lowest BCUT2D eigenvalue weighted by atomic mass is 10.1. The molecule has 0 saturated heterocycles. The van der Waals surface area contributed by atoms with E-state index in [1.54, 1.807) is 12.1 Å². The number of hydrogen-bond acceptors (Lipinski definition) is 5. The molecule has 7 heteroatoms. The van der Waals surface area contributed by atoms with Gasteiger partial charge in [-0.3, -0.25) is 5.32 Å². The van der Waals surface area contributed by atoms with Crippen LogP contribution in [0.15, 0.2) is 35.8 Å². The topological polar surface area (TPSA) is 87.1 Å². The maximum atomic E-state index is 11.5. The second kappa shape index (κ2) is 6.08. The van der Waals surface area contributed by atoms with Gasteiger partial charge in [-0.1, -0.05) is 41.7 Å². The minimum Gasteiger partial charge on any atom is -0.387 e. The molecule has 1 heterocycles. The summed E-state index contributed by atoms with van der Waals surface area (Å²) in [5, 5.41) is 22.6. The summed E-state index contributed by atoms with van der Waals surface area (Å²) in [6.07, 6.45) is -0.730. The molecule has 0 saturated carbocycles. The first-order valence-electron chi connectivity index (χ1n) is 5.30. The average Bonchev–Trinajstić information content (AvgIpc) is 2.90. The molecule has 2 aromatic rings. The van der Waals surface area contributed by atoms with Crippen LogP contribution in [0.1, 0.15) is 11.7 Å². The van der Waals surface area contributed by atoms with Gasteiger partial charge >= 0.3 is 6.03 Å². The quantitative estimate of drug-likeness (QED) is 0.779. The van der Waals surface area contributed by atoms with Gasteiger partial charge in [0.05, 0.1) is 6.10 Å². The van der Waals surface area contributed by atoms with Crippen molar-refractivity contribution in [3.63, 3.8) is 0 Å². The lowest BCUT2D eigenvalue weighted by Gasteiger charge is -2.11. The number of aliphatic hydroxyl groups excluding tert-OH is 1. The van der Waals surface area contributed by atoms with Crippen LogP contribution in [0.3, 0.4) is 0 Å². The average molecular weight is 264 g/mol. The summed E-state index contributed by atoms with van der Waals surface area (Å²) >= 11 is 1.23. The Labute approximate surface area is 108 Å². The molecule has 0 bridgehead atoms. The SMILES string of the molecule is O=C(NC[C@@H](O)c1ccccc1)Nc1nncs1. The Morgan fingerprint density at radius 3 is 2.83 bits per heavy atom. The Bertz CT molecular complexity index is 489. The first kappa shape index (κ1) is 12.5. The van der Waals surface area contributed by atoms with Gasteiger partial charge in [0.25, 0.3) is 0 Å². The molecule has 0 aliphatic carbocycles. The molecular formula is C11H12N4O2S. The molecule has 18 heavy (non-hydrogen) atoms. The molecule has 1 aromatic carbocycles. The third-order valence-electron chi connectivity index (χ3n) is 2.22. The van der Waals surface area contributed by atoms with Crippen LogP contribution in [0.5, 0.6) is 0 Å². The van der Waals surface area contributed by atoms with Crippen molar-refractivity contribution in [1.82, 2.24) is 15.5 Å². The predicted molar refractivity (Wildman–Crippen MR) is 68.3 cm³/mol. The number of aromatic nitrogens is 2. The van der Waals surface area contributed by atoms with E-state index in [0.717, 1.165) is 5.56 Å². The van der Waals surface area contributed by atoms with Gasteiger partial charge in [0.2, 0.25) is 5.13 Å². The van der Waals surface area contributed by atoms with E-state index < -0.39 is 12.1 Å². The predicted octanol–water partition coefficient (Wildman–Crippen LogP) is 1.39. The molecule has 2 rings (SSSR count). The van der Waals surface area contributed by atoms with Gasteiger partial charge in [-0.15, -0.1) is 10.2 Å². The summed E-state index contributed by atoms with van der Waals surface area (Å²) in [6, 6.07) is 8.72. The molecule has 1 atom stereocenters. The van der Waals surface area contributed by atoms with Crippen molar-refractivity contribution in [2.75, 3.05) is 11.9 Å². The molecular weight excluding hydrogens is 252 g/mol. The Morgan fingerprint density at radius 2 is 2.17 bits per heavy atom. The van der Waals surface area contributed by atoms with Gasteiger partial charge in [0, 0.05) is 6.54 Å². The second-order valence-electron chi connectivity index (χ2n) is 3.51. The summed E-state index contributed by atoms with van der Waals surface area (Å²) in [5.74, 6) is 0. The fraction of sp³-hybridized carbons (Fsp3) is 0.182. The summed E-state index contributed by atoms with van der Waals surface area (Å²) < 4.78 is 0. The van der Waals surface area contributed by atoms with Crippen LogP contribution in [0, 0.1) is 0 Å². The Morgan fingerprint density at radius 1 is 1.39 bits per heavy atom. The van der Waals surface area contributed by atoms with Crippen molar-refractivity contribution in [3.05, 3.63) is 41.4 Å². The molecule has 94 valence electrons. The van der Waals surface area contributed by atoms with Gasteiger partial charge < -0.3 is 10.4 Å². The van der Waals surface area contributed by atoms with Crippen molar-refractivity contribution in [3.8, 4) is 0 Å². The molecule has 0 fully saturated rings. The molecule has 0 spiro atoms. The summed E-state index contributed by atoms with van der Waals surface area (Å²) in [4.78, 5) is 11.5. The van der Waals surface area contributed by atoms with Crippen LogP contribution in [-0.2, 0) is 0 Å². The van der Waals surface area contributed by atoms with Crippen molar-refractivity contribution in [2.45, 2.75) is 6.10 Å². The van der Waals surface area contributed by atoms with Crippen molar-refractivity contribution >= 4 is 22.5 Å². The van der Waals surface area contributed by atoms with E-state index in [0.29, 0.717) is 5.13 Å². The maximum Gasteiger partial charge on any atom is 0.321 e. The van der Waals surface area contributed by atoms with Crippen LogP contribution in [0.4, 0.5) is 9.93 Å². The normalized spacial score (nSPS) is 11.8. The van der Waals surface area contributed by atoms with E-state index >= 15 is 0 Å². The molecule has 2 amide bonds. The summed E-state index contributed by atoms with van der Waals surface area (Å²) in [5.41, 5.74) is 2.28. The molecule has 3 N–H and O–H groups in total. The number of aliphatic hydroxyl groups is 1. The first-order chi connectivity index (χ1) is 8.75. The third kappa shape index (κ3) is 3.51. The van der Waals surface area contributed by atoms with Gasteiger partial charge in [0.15, 0.2) is 0 Å². The van der Waals surface area contributed by atoms with E-state index in [1.807, 2.05) is 18.2 Å². The lowest BCUT2D eigenvalue weighted by Crippen LogP contribution is -2.32. The van der Waals surface area contributed by atoms with Crippen LogP contribution < -0.4 is 10.6 Å². The largest absolute Gasteiger partial charge is 0.387 e. The highest BCUT2D eigenvalue weighted by Gasteiger charge is 2.09. The second-order valence-corrected chi connectivity index (χ2v) is 4.34. The van der Waals surface area contributed by atoms with Crippen LogP contribution in [0.25, 0.3) is 0 Å². The van der Waals surface area contributed by atoms with Crippen LogP contribution in [0.2, 0.25) is 0 Å². The van der Waals surface area contributed by atoms with Gasteiger partial charge in [0.1, 0.15) is 5.51 Å². The summed E-state index contributed by atoms with van der Waals surface area (Å²) in [6.45, 7) is 0.134. The molecule has 0 aliphatic rings. The molecule has 6 nitrogen and oxygen atoms in total. The number of anilines is 1. The maximum absolute atomic E-state index is 11.5. The highest BCUT2D eigenvalue weighted by Crippen LogP contribution is 2.11. The Kier molecular flexibility index (Phi) is 4.21. The number of amides is 2. The fourth-order valence-corrected chi connectivity index (χ4v) is 1.79. The number of nitrogens with zero attached hydrogens (tertiary/aromatic N) is 2. The highest BCUT2D eigenvalue weighted by molar-refractivity contribution is 7.13. The summed E-state index contributed by atoms with van der Waals surface area (Å²) in [7, 11) is 0. The number of carbonyl (C=O) groups is 1. The zero-order valence-electron chi connectivity index (χ0n) is 9.41. The number of hydrogen-bond donors (Lipinski definition) is 3.